The van der Waals surface area contributed by atoms with E-state index in [-0.39, 0.29) is 23.3 Å². The third-order valence-electron chi connectivity index (χ3n) is 4.97. The molecule has 1 saturated heterocycles. The fraction of sp³-hybridized carbons (Fsp3) is 0.238. The van der Waals surface area contributed by atoms with Crippen LogP contribution in [0.3, 0.4) is 0 Å². The van der Waals surface area contributed by atoms with Crippen molar-refractivity contribution >= 4 is 35.4 Å². The third-order valence-corrected chi connectivity index (χ3v) is 4.97. The summed E-state index contributed by atoms with van der Waals surface area (Å²) in [7, 11) is 1.47. The van der Waals surface area contributed by atoms with E-state index < -0.39 is 4.92 Å². The number of phenols is 1. The van der Waals surface area contributed by atoms with Crippen LogP contribution in [0.2, 0.25) is 0 Å². The van der Waals surface area contributed by atoms with Crippen molar-refractivity contribution in [2.45, 2.75) is 12.8 Å². The molecular formula is C21H22N8O4. The number of rotatable bonds is 8. The molecule has 0 spiro atoms. The molecule has 2 aromatic carbocycles. The van der Waals surface area contributed by atoms with Gasteiger partial charge in [0, 0.05) is 36.5 Å². The van der Waals surface area contributed by atoms with Gasteiger partial charge in [0.2, 0.25) is 17.8 Å². The monoisotopic (exact) mass is 450 g/mol. The normalized spacial score (nSPS) is 13.3. The van der Waals surface area contributed by atoms with Gasteiger partial charge in [-0.2, -0.15) is 20.1 Å². The van der Waals surface area contributed by atoms with Crippen LogP contribution >= 0.6 is 0 Å². The number of nitrogens with one attached hydrogen (secondary N) is 2. The molecule has 1 fully saturated rings. The van der Waals surface area contributed by atoms with E-state index in [9.17, 15) is 15.2 Å². The molecule has 12 nitrogen and oxygen atoms in total. The van der Waals surface area contributed by atoms with Gasteiger partial charge in [-0.15, -0.1) is 0 Å². The molecule has 0 atom stereocenters. The van der Waals surface area contributed by atoms with Crippen LogP contribution in [0.15, 0.2) is 47.6 Å². The molecule has 3 aromatic rings. The van der Waals surface area contributed by atoms with Crippen molar-refractivity contribution in [2.24, 2.45) is 5.10 Å². The Bertz CT molecular complexity index is 1160. The first kappa shape index (κ1) is 21.7. The molecule has 0 aliphatic carbocycles. The number of hydrazone groups is 1. The van der Waals surface area contributed by atoms with E-state index >= 15 is 0 Å². The smallest absolute Gasteiger partial charge is 0.269 e. The van der Waals surface area contributed by atoms with Gasteiger partial charge in [0.05, 0.1) is 18.2 Å². The molecule has 170 valence electrons. The van der Waals surface area contributed by atoms with Gasteiger partial charge in [-0.25, -0.2) is 5.43 Å². The first-order valence-electron chi connectivity index (χ1n) is 10.2. The predicted octanol–water partition coefficient (Wildman–Crippen LogP) is 3.28. The summed E-state index contributed by atoms with van der Waals surface area (Å²) in [6, 6.07) is 11.0. The van der Waals surface area contributed by atoms with E-state index in [2.05, 4.69) is 30.8 Å². The summed E-state index contributed by atoms with van der Waals surface area (Å²) in [4.78, 5) is 25.7. The number of ether oxygens (including phenoxy) is 1. The molecule has 0 radical (unpaired) electrons. The molecule has 2 heterocycles. The number of benzene rings is 2. The summed E-state index contributed by atoms with van der Waals surface area (Å²) in [6.45, 7) is 1.67. The SMILES string of the molecule is COc1cccc(/C=N\Nc2nc(Nc3ccc([N+](=O)[O-])cc3)nc(N3CCCC3)n2)c1O. The minimum absolute atomic E-state index is 0.00793. The number of aromatic nitrogens is 3. The van der Waals surface area contributed by atoms with E-state index in [1.807, 2.05) is 4.90 Å². The molecule has 1 aliphatic heterocycles. The summed E-state index contributed by atoms with van der Waals surface area (Å²) in [6.07, 6.45) is 3.53. The lowest BCUT2D eigenvalue weighted by Crippen LogP contribution is -2.21. The van der Waals surface area contributed by atoms with Gasteiger partial charge in [-0.05, 0) is 37.1 Å². The molecule has 12 heteroatoms. The fourth-order valence-corrected chi connectivity index (χ4v) is 3.29. The highest BCUT2D eigenvalue weighted by Crippen LogP contribution is 2.28. The van der Waals surface area contributed by atoms with Crippen LogP contribution < -0.4 is 20.4 Å². The Morgan fingerprint density at radius 3 is 2.55 bits per heavy atom. The molecule has 0 unspecified atom stereocenters. The first-order valence-corrected chi connectivity index (χ1v) is 10.2. The zero-order chi connectivity index (χ0) is 23.2. The summed E-state index contributed by atoms with van der Waals surface area (Å²) in [5, 5.41) is 28.2. The minimum Gasteiger partial charge on any atom is -0.504 e. The highest BCUT2D eigenvalue weighted by Gasteiger charge is 2.18. The lowest BCUT2D eigenvalue weighted by molar-refractivity contribution is -0.384. The predicted molar refractivity (Wildman–Crippen MR) is 124 cm³/mol. The van der Waals surface area contributed by atoms with Gasteiger partial charge in [0.25, 0.3) is 5.69 Å². The second-order valence-corrected chi connectivity index (χ2v) is 7.17. The maximum absolute atomic E-state index is 10.9. The van der Waals surface area contributed by atoms with Crippen molar-refractivity contribution < 1.29 is 14.8 Å². The Morgan fingerprint density at radius 1 is 1.12 bits per heavy atom. The molecule has 0 amide bonds. The van der Waals surface area contributed by atoms with Crippen LogP contribution in [0.25, 0.3) is 0 Å². The number of non-ortho nitro benzene ring substituents is 1. The second kappa shape index (κ2) is 9.77. The molecule has 0 bridgehead atoms. The Hall–Kier alpha value is -4.48. The van der Waals surface area contributed by atoms with Crippen LogP contribution in [0.5, 0.6) is 11.5 Å². The fourth-order valence-electron chi connectivity index (χ4n) is 3.29. The van der Waals surface area contributed by atoms with E-state index in [4.69, 9.17) is 4.74 Å². The van der Waals surface area contributed by atoms with Gasteiger partial charge in [-0.3, -0.25) is 10.1 Å². The van der Waals surface area contributed by atoms with Gasteiger partial charge >= 0.3 is 0 Å². The lowest BCUT2D eigenvalue weighted by atomic mass is 10.2. The minimum atomic E-state index is -0.460. The summed E-state index contributed by atoms with van der Waals surface area (Å²) in [5.41, 5.74) is 3.81. The number of anilines is 4. The van der Waals surface area contributed by atoms with Crippen LogP contribution in [0, 0.1) is 10.1 Å². The number of phenolic OH excluding ortho intramolecular Hbond substituents is 1. The number of hydrogen-bond acceptors (Lipinski definition) is 11. The zero-order valence-electron chi connectivity index (χ0n) is 17.8. The van der Waals surface area contributed by atoms with Crippen LogP contribution in [-0.2, 0) is 0 Å². The Kier molecular flexibility index (Phi) is 6.43. The standard InChI is InChI=1S/C21H22N8O4/c1-33-17-6-4-5-14(18(17)30)13-22-27-20-24-19(25-21(26-20)28-11-2-3-12-28)23-15-7-9-16(10-8-15)29(31)32/h4-10,13,30H,2-3,11-12H2,1H3,(H2,23,24,25,26,27)/b22-13-. The molecule has 3 N–H and O–H groups in total. The average molecular weight is 450 g/mol. The lowest BCUT2D eigenvalue weighted by Gasteiger charge is -2.16. The van der Waals surface area contributed by atoms with Gasteiger partial charge in [-0.1, -0.05) is 6.07 Å². The maximum atomic E-state index is 10.9. The number of aromatic hydroxyl groups is 1. The van der Waals surface area contributed by atoms with Crippen LogP contribution in [0.1, 0.15) is 18.4 Å². The highest BCUT2D eigenvalue weighted by atomic mass is 16.6. The second-order valence-electron chi connectivity index (χ2n) is 7.17. The van der Waals surface area contributed by atoms with Crippen molar-refractivity contribution in [3.05, 3.63) is 58.1 Å². The molecule has 1 aromatic heterocycles. The quantitative estimate of drug-likeness (QED) is 0.265. The Labute approximate surface area is 189 Å². The van der Waals surface area contributed by atoms with Crippen molar-refractivity contribution in [1.82, 2.24) is 15.0 Å². The largest absolute Gasteiger partial charge is 0.504 e. The van der Waals surface area contributed by atoms with E-state index in [0.717, 1.165) is 25.9 Å². The average Bonchev–Trinajstić information content (AvgIpc) is 3.36. The molecule has 33 heavy (non-hydrogen) atoms. The summed E-state index contributed by atoms with van der Waals surface area (Å²) in [5.74, 6) is 1.27. The maximum Gasteiger partial charge on any atom is 0.269 e. The molecular weight excluding hydrogens is 428 g/mol. The first-order chi connectivity index (χ1) is 16.0. The zero-order valence-corrected chi connectivity index (χ0v) is 17.8. The van der Waals surface area contributed by atoms with Crippen LogP contribution in [-0.4, -0.2) is 51.4 Å². The van der Waals surface area contributed by atoms with Gasteiger partial charge in [0.1, 0.15) is 0 Å². The summed E-state index contributed by atoms with van der Waals surface area (Å²) >= 11 is 0. The third kappa shape index (κ3) is 5.23. The number of nitro benzene ring substituents is 1. The highest BCUT2D eigenvalue weighted by molar-refractivity contribution is 5.85. The molecule has 1 aliphatic rings. The van der Waals surface area contributed by atoms with E-state index in [0.29, 0.717) is 22.9 Å². The van der Waals surface area contributed by atoms with E-state index in [1.54, 1.807) is 30.3 Å². The van der Waals surface area contributed by atoms with Gasteiger partial charge in [0.15, 0.2) is 11.5 Å². The molecule has 4 rings (SSSR count). The van der Waals surface area contributed by atoms with Crippen molar-refractivity contribution in [3.8, 4) is 11.5 Å². The number of nitrogens with zero attached hydrogens (tertiary/aromatic N) is 6. The number of methoxy groups -OCH3 is 1. The summed E-state index contributed by atoms with van der Waals surface area (Å²) < 4.78 is 5.10. The van der Waals surface area contributed by atoms with Crippen LogP contribution in [0.4, 0.5) is 29.2 Å². The van der Waals surface area contributed by atoms with Crippen molar-refractivity contribution in [1.29, 1.82) is 0 Å². The van der Waals surface area contributed by atoms with Crippen molar-refractivity contribution in [3.63, 3.8) is 0 Å². The van der Waals surface area contributed by atoms with Gasteiger partial charge < -0.3 is 20.1 Å². The van der Waals surface area contributed by atoms with Crippen molar-refractivity contribution in [2.75, 3.05) is 35.8 Å². The van der Waals surface area contributed by atoms with E-state index in [1.165, 1.54) is 25.5 Å². The topological polar surface area (TPSA) is 151 Å². The Balaban J connectivity index is 1.56. The molecule has 0 saturated carbocycles. The Morgan fingerprint density at radius 2 is 1.85 bits per heavy atom. The number of nitro groups is 1. The number of hydrogen-bond donors (Lipinski definition) is 3. The number of para-hydroxylation sites is 1.